The van der Waals surface area contributed by atoms with E-state index in [1.165, 1.54) is 12.1 Å². The quantitative estimate of drug-likeness (QED) is 0.915. The first kappa shape index (κ1) is 16.3. The molecule has 1 aromatic carbocycles. The highest BCUT2D eigenvalue weighted by Crippen LogP contribution is 2.30. The van der Waals surface area contributed by atoms with Crippen molar-refractivity contribution in [2.45, 2.75) is 39.0 Å². The van der Waals surface area contributed by atoms with Crippen LogP contribution in [0.5, 0.6) is 0 Å². The second-order valence-electron chi connectivity index (χ2n) is 5.86. The normalized spacial score (nSPS) is 24.2. The van der Waals surface area contributed by atoms with Crippen molar-refractivity contribution in [1.82, 2.24) is 10.2 Å². The van der Waals surface area contributed by atoms with Crippen molar-refractivity contribution >= 4 is 0 Å². The van der Waals surface area contributed by atoms with Crippen LogP contribution in [0.3, 0.4) is 0 Å². The van der Waals surface area contributed by atoms with Gasteiger partial charge in [-0.3, -0.25) is 4.90 Å². The minimum absolute atomic E-state index is 0.518. The van der Waals surface area contributed by atoms with Crippen LogP contribution in [0, 0.1) is 5.92 Å². The summed E-state index contributed by atoms with van der Waals surface area (Å²) in [7, 11) is 0. The van der Waals surface area contributed by atoms with Crippen LogP contribution in [0.1, 0.15) is 31.4 Å². The van der Waals surface area contributed by atoms with Gasteiger partial charge in [0.2, 0.25) is 0 Å². The number of hydrogen-bond donors (Lipinski definition) is 1. The first-order valence-electron chi connectivity index (χ1n) is 7.52. The Balaban J connectivity index is 1.97. The second kappa shape index (κ2) is 6.79. The van der Waals surface area contributed by atoms with E-state index in [1.54, 1.807) is 6.07 Å². The summed E-state index contributed by atoms with van der Waals surface area (Å²) in [6.07, 6.45) is -3.21. The molecule has 2 atom stereocenters. The number of likely N-dealkylation sites (tertiary alicyclic amines) is 1. The van der Waals surface area contributed by atoms with Gasteiger partial charge in [0.15, 0.2) is 0 Å². The summed E-state index contributed by atoms with van der Waals surface area (Å²) in [5, 5.41) is 3.47. The van der Waals surface area contributed by atoms with Gasteiger partial charge in [0.1, 0.15) is 0 Å². The molecule has 1 aliphatic rings. The minimum Gasteiger partial charge on any atom is -0.314 e. The lowest BCUT2D eigenvalue weighted by atomic mass is 9.93. The van der Waals surface area contributed by atoms with Gasteiger partial charge in [-0.05, 0) is 37.1 Å². The van der Waals surface area contributed by atoms with Crippen molar-refractivity contribution in [2.24, 2.45) is 5.92 Å². The maximum atomic E-state index is 12.7. The zero-order valence-electron chi connectivity index (χ0n) is 12.6. The molecule has 1 aliphatic heterocycles. The average Bonchev–Trinajstić information content (AvgIpc) is 2.41. The molecule has 0 saturated carbocycles. The summed E-state index contributed by atoms with van der Waals surface area (Å²) in [4.78, 5) is 2.24. The van der Waals surface area contributed by atoms with Crippen molar-refractivity contribution < 1.29 is 13.2 Å². The third-order valence-electron chi connectivity index (χ3n) is 4.12. The molecule has 0 spiro atoms. The number of nitrogens with one attached hydrogen (secondary N) is 1. The zero-order valence-corrected chi connectivity index (χ0v) is 12.6. The van der Waals surface area contributed by atoms with Gasteiger partial charge < -0.3 is 5.32 Å². The summed E-state index contributed by atoms with van der Waals surface area (Å²) in [6.45, 7) is 7.70. The fourth-order valence-corrected chi connectivity index (χ4v) is 3.05. The van der Waals surface area contributed by atoms with Crippen molar-refractivity contribution in [3.05, 3.63) is 35.4 Å². The Bertz CT molecular complexity index is 459. The molecule has 0 aliphatic carbocycles. The fourth-order valence-electron chi connectivity index (χ4n) is 3.05. The molecule has 0 amide bonds. The predicted molar refractivity (Wildman–Crippen MR) is 78.0 cm³/mol. The maximum Gasteiger partial charge on any atom is 0.416 e. The van der Waals surface area contributed by atoms with Crippen LogP contribution in [0.15, 0.2) is 24.3 Å². The summed E-state index contributed by atoms with van der Waals surface area (Å²) in [5.41, 5.74) is 0.175. The highest BCUT2D eigenvalue weighted by molar-refractivity contribution is 5.25. The van der Waals surface area contributed by atoms with Crippen LogP contribution in [0.2, 0.25) is 0 Å². The van der Waals surface area contributed by atoms with E-state index in [9.17, 15) is 13.2 Å². The molecule has 1 saturated heterocycles. The Hall–Kier alpha value is -1.07. The van der Waals surface area contributed by atoms with Gasteiger partial charge >= 0.3 is 6.18 Å². The molecule has 0 bridgehead atoms. The average molecular weight is 300 g/mol. The SMILES string of the molecule is CCNC1CCN(Cc2cccc(C(F)(F)F)c2)CC1C. The molecular weight excluding hydrogens is 277 g/mol. The number of nitrogens with zero attached hydrogens (tertiary/aromatic N) is 1. The van der Waals surface area contributed by atoms with Gasteiger partial charge in [-0.25, -0.2) is 0 Å². The topological polar surface area (TPSA) is 15.3 Å². The Kier molecular flexibility index (Phi) is 5.27. The van der Waals surface area contributed by atoms with Gasteiger partial charge in [-0.2, -0.15) is 13.2 Å². The largest absolute Gasteiger partial charge is 0.416 e. The Morgan fingerprint density at radius 1 is 1.33 bits per heavy atom. The van der Waals surface area contributed by atoms with Crippen molar-refractivity contribution in [2.75, 3.05) is 19.6 Å². The third kappa shape index (κ3) is 4.45. The second-order valence-corrected chi connectivity index (χ2v) is 5.86. The van der Waals surface area contributed by atoms with Crippen molar-refractivity contribution in [3.8, 4) is 0 Å². The van der Waals surface area contributed by atoms with Crippen LogP contribution >= 0.6 is 0 Å². The highest BCUT2D eigenvalue weighted by atomic mass is 19.4. The fraction of sp³-hybridized carbons (Fsp3) is 0.625. The molecule has 5 heteroatoms. The number of piperidine rings is 1. The number of hydrogen-bond acceptors (Lipinski definition) is 2. The van der Waals surface area contributed by atoms with E-state index in [2.05, 4.69) is 24.1 Å². The molecule has 118 valence electrons. The molecule has 0 radical (unpaired) electrons. The molecule has 2 unspecified atom stereocenters. The predicted octanol–water partition coefficient (Wildman–Crippen LogP) is 3.53. The van der Waals surface area contributed by atoms with Crippen molar-refractivity contribution in [1.29, 1.82) is 0 Å². The van der Waals surface area contributed by atoms with E-state index in [0.29, 0.717) is 18.5 Å². The summed E-state index contributed by atoms with van der Waals surface area (Å²) >= 11 is 0. The van der Waals surface area contributed by atoms with E-state index >= 15 is 0 Å². The number of halogens is 3. The maximum absolute atomic E-state index is 12.7. The summed E-state index contributed by atoms with van der Waals surface area (Å²) in [5.74, 6) is 0.518. The monoisotopic (exact) mass is 300 g/mol. The van der Waals surface area contributed by atoms with Crippen LogP contribution in [0.25, 0.3) is 0 Å². The third-order valence-corrected chi connectivity index (χ3v) is 4.12. The molecule has 2 nitrogen and oxygen atoms in total. The van der Waals surface area contributed by atoms with E-state index in [0.717, 1.165) is 37.7 Å². The first-order chi connectivity index (χ1) is 9.90. The molecule has 2 rings (SSSR count). The molecule has 1 N–H and O–H groups in total. The lowest BCUT2D eigenvalue weighted by Gasteiger charge is -2.37. The van der Waals surface area contributed by atoms with E-state index < -0.39 is 11.7 Å². The highest BCUT2D eigenvalue weighted by Gasteiger charge is 2.31. The Morgan fingerprint density at radius 3 is 2.71 bits per heavy atom. The molecule has 0 aromatic heterocycles. The lowest BCUT2D eigenvalue weighted by Crippen LogP contribution is -2.47. The molecule has 1 heterocycles. The molecular formula is C16H23F3N2. The molecule has 1 fully saturated rings. The Morgan fingerprint density at radius 2 is 2.10 bits per heavy atom. The minimum atomic E-state index is -4.26. The standard InChI is InChI=1S/C16H23F3N2/c1-3-20-15-7-8-21(10-12(15)2)11-13-5-4-6-14(9-13)16(17,18)19/h4-6,9,12,15,20H,3,7-8,10-11H2,1-2H3. The lowest BCUT2D eigenvalue weighted by molar-refractivity contribution is -0.137. The summed E-state index contributed by atoms with van der Waals surface area (Å²) in [6, 6.07) is 6.18. The van der Waals surface area contributed by atoms with E-state index in [-0.39, 0.29) is 0 Å². The van der Waals surface area contributed by atoms with Crippen LogP contribution in [-0.4, -0.2) is 30.6 Å². The summed E-state index contributed by atoms with van der Waals surface area (Å²) < 4.78 is 38.2. The van der Waals surface area contributed by atoms with E-state index in [4.69, 9.17) is 0 Å². The number of rotatable bonds is 4. The van der Waals surface area contributed by atoms with Gasteiger partial charge in [0.25, 0.3) is 0 Å². The van der Waals surface area contributed by atoms with E-state index in [1.807, 2.05) is 0 Å². The van der Waals surface area contributed by atoms with Crippen LogP contribution < -0.4 is 5.32 Å². The van der Waals surface area contributed by atoms with Crippen molar-refractivity contribution in [3.63, 3.8) is 0 Å². The van der Waals surface area contributed by atoms with Crippen LogP contribution in [0.4, 0.5) is 13.2 Å². The van der Waals surface area contributed by atoms with Gasteiger partial charge in [0, 0.05) is 19.1 Å². The first-order valence-corrected chi connectivity index (χ1v) is 7.52. The number of alkyl halides is 3. The van der Waals surface area contributed by atoms with Gasteiger partial charge in [-0.15, -0.1) is 0 Å². The number of benzene rings is 1. The smallest absolute Gasteiger partial charge is 0.314 e. The Labute approximate surface area is 124 Å². The zero-order chi connectivity index (χ0) is 15.5. The van der Waals surface area contributed by atoms with Gasteiger partial charge in [0.05, 0.1) is 5.56 Å². The molecule has 21 heavy (non-hydrogen) atoms. The van der Waals surface area contributed by atoms with Crippen LogP contribution in [-0.2, 0) is 12.7 Å². The van der Waals surface area contributed by atoms with Gasteiger partial charge in [-0.1, -0.05) is 32.0 Å². The molecule has 1 aromatic rings.